The summed E-state index contributed by atoms with van der Waals surface area (Å²) in [6, 6.07) is 0. The summed E-state index contributed by atoms with van der Waals surface area (Å²) < 4.78 is 0. The smallest absolute Gasteiger partial charge is 0.223 e. The van der Waals surface area contributed by atoms with Gasteiger partial charge in [-0.1, -0.05) is 6.92 Å². The van der Waals surface area contributed by atoms with Crippen LogP contribution in [-0.2, 0) is 4.79 Å². The fourth-order valence-electron chi connectivity index (χ4n) is 1.78. The van der Waals surface area contributed by atoms with Gasteiger partial charge >= 0.3 is 0 Å². The molecule has 1 aliphatic carbocycles. The molecule has 2 heteroatoms. The number of amides is 1. The van der Waals surface area contributed by atoms with E-state index in [0.29, 0.717) is 0 Å². The van der Waals surface area contributed by atoms with E-state index < -0.39 is 0 Å². The molecular formula is C10H18NO. The van der Waals surface area contributed by atoms with Gasteiger partial charge < -0.3 is 5.32 Å². The van der Waals surface area contributed by atoms with E-state index in [4.69, 9.17) is 0 Å². The van der Waals surface area contributed by atoms with Crippen molar-refractivity contribution in [2.45, 2.75) is 39.5 Å². The first-order valence-electron chi connectivity index (χ1n) is 4.82. The highest BCUT2D eigenvalue weighted by Crippen LogP contribution is 2.28. The van der Waals surface area contributed by atoms with Gasteiger partial charge in [-0.3, -0.25) is 4.79 Å². The van der Waals surface area contributed by atoms with Gasteiger partial charge in [0, 0.05) is 12.5 Å². The molecule has 1 rings (SSSR count). The molecule has 0 saturated heterocycles. The molecular weight excluding hydrogens is 150 g/mol. The first kappa shape index (κ1) is 9.56. The molecule has 0 aromatic heterocycles. The maximum atomic E-state index is 11.4. The van der Waals surface area contributed by atoms with Crippen LogP contribution in [0.25, 0.3) is 0 Å². The monoisotopic (exact) mass is 168 g/mol. The van der Waals surface area contributed by atoms with Gasteiger partial charge in [-0.2, -0.15) is 0 Å². The summed E-state index contributed by atoms with van der Waals surface area (Å²) >= 11 is 0. The highest BCUT2D eigenvalue weighted by molar-refractivity contribution is 5.79. The third-order valence-electron chi connectivity index (χ3n) is 2.67. The molecule has 1 N–H and O–H groups in total. The molecule has 0 unspecified atom stereocenters. The summed E-state index contributed by atoms with van der Waals surface area (Å²) in [4.78, 5) is 11.4. The second-order valence-electron chi connectivity index (χ2n) is 3.75. The summed E-state index contributed by atoms with van der Waals surface area (Å²) in [5, 5.41) is 2.77. The van der Waals surface area contributed by atoms with Crippen LogP contribution in [0.5, 0.6) is 0 Å². The van der Waals surface area contributed by atoms with E-state index in [1.54, 1.807) is 6.54 Å². The summed E-state index contributed by atoms with van der Waals surface area (Å²) in [5.41, 5.74) is 0. The largest absolute Gasteiger partial charge is 0.351 e. The molecule has 1 saturated carbocycles. The van der Waals surface area contributed by atoms with E-state index >= 15 is 0 Å². The van der Waals surface area contributed by atoms with Crippen LogP contribution in [0.2, 0.25) is 0 Å². The van der Waals surface area contributed by atoms with Crippen molar-refractivity contribution < 1.29 is 4.79 Å². The Bertz CT molecular complexity index is 148. The zero-order valence-electron chi connectivity index (χ0n) is 7.97. The van der Waals surface area contributed by atoms with Crippen molar-refractivity contribution in [1.29, 1.82) is 0 Å². The molecule has 1 fully saturated rings. The molecule has 0 aromatic carbocycles. The number of nitrogens with one attached hydrogen (secondary N) is 1. The third-order valence-corrected chi connectivity index (χ3v) is 2.67. The van der Waals surface area contributed by atoms with Crippen molar-refractivity contribution in [3.8, 4) is 0 Å². The van der Waals surface area contributed by atoms with Gasteiger partial charge in [0.25, 0.3) is 0 Å². The van der Waals surface area contributed by atoms with E-state index in [-0.39, 0.29) is 11.8 Å². The van der Waals surface area contributed by atoms with Gasteiger partial charge in [0.05, 0.1) is 0 Å². The average molecular weight is 168 g/mol. The van der Waals surface area contributed by atoms with E-state index in [9.17, 15) is 4.79 Å². The Kier molecular flexibility index (Phi) is 3.57. The first-order chi connectivity index (χ1) is 5.74. The highest BCUT2D eigenvalue weighted by Gasteiger charge is 2.23. The summed E-state index contributed by atoms with van der Waals surface area (Å²) in [6.45, 7) is 5.84. The topological polar surface area (TPSA) is 29.1 Å². The second kappa shape index (κ2) is 4.48. The number of rotatable bonds is 2. The number of carbonyl (C=O) groups excluding carboxylic acids is 1. The first-order valence-corrected chi connectivity index (χ1v) is 4.82. The maximum absolute atomic E-state index is 11.4. The zero-order valence-corrected chi connectivity index (χ0v) is 7.97. The zero-order chi connectivity index (χ0) is 8.97. The second-order valence-corrected chi connectivity index (χ2v) is 3.75. The van der Waals surface area contributed by atoms with Crippen molar-refractivity contribution in [2.24, 2.45) is 11.8 Å². The minimum Gasteiger partial charge on any atom is -0.351 e. The van der Waals surface area contributed by atoms with Crippen LogP contribution >= 0.6 is 0 Å². The number of hydrogen-bond acceptors (Lipinski definition) is 1. The third kappa shape index (κ3) is 2.50. The van der Waals surface area contributed by atoms with E-state index in [1.807, 2.05) is 6.92 Å². The lowest BCUT2D eigenvalue weighted by molar-refractivity contribution is -0.125. The normalized spacial score (nSPS) is 29.8. The SMILES string of the molecule is C[CH]NC(=O)C1CCC(C)CC1. The molecule has 2 nitrogen and oxygen atoms in total. The lowest BCUT2D eigenvalue weighted by Crippen LogP contribution is -2.30. The Morgan fingerprint density at radius 1 is 1.33 bits per heavy atom. The molecule has 1 radical (unpaired) electrons. The summed E-state index contributed by atoms with van der Waals surface area (Å²) in [6.07, 6.45) is 4.56. The quantitative estimate of drug-likeness (QED) is 0.672. The van der Waals surface area contributed by atoms with Crippen molar-refractivity contribution in [3.63, 3.8) is 0 Å². The van der Waals surface area contributed by atoms with Crippen LogP contribution in [0.3, 0.4) is 0 Å². The average Bonchev–Trinajstić information content (AvgIpc) is 2.06. The lowest BCUT2D eigenvalue weighted by Gasteiger charge is -2.24. The van der Waals surface area contributed by atoms with Crippen LogP contribution in [0, 0.1) is 18.4 Å². The van der Waals surface area contributed by atoms with Gasteiger partial charge in [0.15, 0.2) is 0 Å². The Balaban J connectivity index is 2.29. The van der Waals surface area contributed by atoms with Crippen molar-refractivity contribution in [3.05, 3.63) is 6.54 Å². The Labute approximate surface area is 74.7 Å². The van der Waals surface area contributed by atoms with Crippen molar-refractivity contribution >= 4 is 5.91 Å². The summed E-state index contributed by atoms with van der Waals surface area (Å²) in [7, 11) is 0. The predicted molar refractivity (Wildman–Crippen MR) is 49.2 cm³/mol. The Morgan fingerprint density at radius 2 is 1.92 bits per heavy atom. The maximum Gasteiger partial charge on any atom is 0.223 e. The van der Waals surface area contributed by atoms with Crippen LogP contribution in [-0.4, -0.2) is 5.91 Å². The van der Waals surface area contributed by atoms with Gasteiger partial charge in [-0.15, -0.1) is 0 Å². The molecule has 12 heavy (non-hydrogen) atoms. The van der Waals surface area contributed by atoms with Gasteiger partial charge in [0.1, 0.15) is 0 Å². The molecule has 0 aromatic rings. The van der Waals surface area contributed by atoms with Crippen molar-refractivity contribution in [1.82, 2.24) is 5.32 Å². The minimum absolute atomic E-state index is 0.212. The standard InChI is InChI=1S/C10H18NO/c1-3-11-10(12)9-6-4-8(2)5-7-9/h3,8-9H,4-7H2,1-2H3,(H,11,12). The van der Waals surface area contributed by atoms with E-state index in [2.05, 4.69) is 12.2 Å². The van der Waals surface area contributed by atoms with Gasteiger partial charge in [0.2, 0.25) is 5.91 Å². The Hall–Kier alpha value is -0.530. The predicted octanol–water partition coefficient (Wildman–Crippen LogP) is 2.11. The number of carbonyl (C=O) groups is 1. The van der Waals surface area contributed by atoms with Crippen LogP contribution in [0.4, 0.5) is 0 Å². The van der Waals surface area contributed by atoms with Crippen LogP contribution in [0.15, 0.2) is 0 Å². The van der Waals surface area contributed by atoms with Crippen LogP contribution < -0.4 is 5.32 Å². The molecule has 0 bridgehead atoms. The van der Waals surface area contributed by atoms with Gasteiger partial charge in [-0.25, -0.2) is 0 Å². The molecule has 0 aliphatic heterocycles. The molecule has 0 atom stereocenters. The van der Waals surface area contributed by atoms with Crippen LogP contribution in [0.1, 0.15) is 39.5 Å². The number of hydrogen-bond donors (Lipinski definition) is 1. The minimum atomic E-state index is 0.212. The molecule has 0 spiro atoms. The summed E-state index contributed by atoms with van der Waals surface area (Å²) in [5.74, 6) is 1.31. The fourth-order valence-corrected chi connectivity index (χ4v) is 1.78. The highest BCUT2D eigenvalue weighted by atomic mass is 16.1. The molecule has 1 amide bonds. The van der Waals surface area contributed by atoms with Gasteiger partial charge in [-0.05, 0) is 38.5 Å². The van der Waals surface area contributed by atoms with E-state index in [1.165, 1.54) is 12.8 Å². The molecule has 1 aliphatic rings. The van der Waals surface area contributed by atoms with E-state index in [0.717, 1.165) is 18.8 Å². The fraction of sp³-hybridized carbons (Fsp3) is 0.800. The lowest BCUT2D eigenvalue weighted by atomic mass is 9.82. The Morgan fingerprint density at radius 3 is 2.42 bits per heavy atom. The molecule has 0 heterocycles. The molecule has 69 valence electrons. The van der Waals surface area contributed by atoms with Crippen molar-refractivity contribution in [2.75, 3.05) is 0 Å².